The largest absolute Gasteiger partial charge is 0.472 e. The molecule has 0 aliphatic heterocycles. The molecule has 0 aliphatic rings. The van der Waals surface area contributed by atoms with E-state index < -0.39 is 20.0 Å². The number of likely N-dealkylation sites (N-methyl/N-ethyl adjacent to an activating group) is 1. The number of phosphoric acid groups is 1. The Balaban J connectivity index is 4.36. The number of allylic oxidation sites excluding steroid dienone is 1. The fraction of sp³-hybridized carbons (Fsp3) is 0.923. The molecule has 0 fully saturated rings. The van der Waals surface area contributed by atoms with Crippen LogP contribution in [0, 0.1) is 0 Å². The molecule has 0 rings (SSSR count). The van der Waals surface area contributed by atoms with E-state index in [4.69, 9.17) is 9.05 Å². The van der Waals surface area contributed by atoms with Crippen LogP contribution in [0.2, 0.25) is 0 Å². The van der Waals surface area contributed by atoms with Crippen LogP contribution in [0.25, 0.3) is 0 Å². The maximum atomic E-state index is 12.8. The van der Waals surface area contributed by atoms with Gasteiger partial charge in [-0.05, 0) is 19.3 Å². The van der Waals surface area contributed by atoms with Gasteiger partial charge in [0.25, 0.3) is 0 Å². The highest BCUT2D eigenvalue weighted by Crippen LogP contribution is 2.43. The number of rotatable bonds is 36. The molecule has 3 atom stereocenters. The zero-order valence-corrected chi connectivity index (χ0v) is 33.1. The van der Waals surface area contributed by atoms with E-state index in [0.717, 1.165) is 38.5 Å². The van der Waals surface area contributed by atoms with Crippen molar-refractivity contribution in [2.45, 2.75) is 193 Å². The van der Waals surface area contributed by atoms with E-state index in [1.807, 2.05) is 27.2 Å². The van der Waals surface area contributed by atoms with Crippen LogP contribution in [-0.4, -0.2) is 73.4 Å². The number of carbonyl (C=O) groups is 1. The van der Waals surface area contributed by atoms with E-state index in [1.54, 1.807) is 6.08 Å². The van der Waals surface area contributed by atoms with Crippen LogP contribution in [0.1, 0.15) is 181 Å². The van der Waals surface area contributed by atoms with Gasteiger partial charge in [0.15, 0.2) is 0 Å². The summed E-state index contributed by atoms with van der Waals surface area (Å²) in [5.41, 5.74) is 0. The van der Waals surface area contributed by atoms with E-state index in [-0.39, 0.29) is 19.1 Å². The molecule has 1 unspecified atom stereocenters. The van der Waals surface area contributed by atoms with Gasteiger partial charge in [0, 0.05) is 6.42 Å². The predicted octanol–water partition coefficient (Wildman–Crippen LogP) is 10.4. The van der Waals surface area contributed by atoms with Gasteiger partial charge in [0.05, 0.1) is 39.9 Å². The lowest BCUT2D eigenvalue weighted by Crippen LogP contribution is -2.45. The first-order valence-electron chi connectivity index (χ1n) is 20.1. The average molecular weight is 704 g/mol. The maximum absolute atomic E-state index is 12.8. The minimum Gasteiger partial charge on any atom is -0.387 e. The smallest absolute Gasteiger partial charge is 0.387 e. The van der Waals surface area contributed by atoms with Crippen molar-refractivity contribution >= 4 is 13.7 Å². The Morgan fingerprint density at radius 3 is 1.54 bits per heavy atom. The Kier molecular flexibility index (Phi) is 31.7. The van der Waals surface area contributed by atoms with Crippen molar-refractivity contribution in [1.29, 1.82) is 0 Å². The summed E-state index contributed by atoms with van der Waals surface area (Å²) in [4.78, 5) is 23.0. The summed E-state index contributed by atoms with van der Waals surface area (Å²) in [5.74, 6) is -0.178. The number of hydrogen-bond donors (Lipinski definition) is 3. The molecule has 0 spiro atoms. The summed E-state index contributed by atoms with van der Waals surface area (Å²) in [7, 11) is 1.58. The van der Waals surface area contributed by atoms with Crippen molar-refractivity contribution in [3.05, 3.63) is 12.2 Å². The lowest BCUT2D eigenvalue weighted by atomic mass is 10.0. The second kappa shape index (κ2) is 32.2. The minimum atomic E-state index is -4.32. The van der Waals surface area contributed by atoms with Crippen molar-refractivity contribution in [3.63, 3.8) is 0 Å². The molecule has 286 valence electrons. The fourth-order valence-electron chi connectivity index (χ4n) is 5.75. The maximum Gasteiger partial charge on any atom is 0.472 e. The average Bonchev–Trinajstić information content (AvgIpc) is 3.02. The molecule has 48 heavy (non-hydrogen) atoms. The molecule has 0 saturated carbocycles. The highest BCUT2D eigenvalue weighted by Gasteiger charge is 2.27. The molecule has 9 heteroatoms. The SMILES string of the molecule is CCCCCCCCC/C=C/[C@@H](O)[C@H](COP(=O)(O)OCC[N+](C)(C)C)NC(=O)CCCCCCCCCCCCCCCCCCC. The van der Waals surface area contributed by atoms with Gasteiger partial charge in [0.2, 0.25) is 5.91 Å². The molecular formula is C39H80N2O6P+. The van der Waals surface area contributed by atoms with Gasteiger partial charge in [-0.2, -0.15) is 0 Å². The van der Waals surface area contributed by atoms with Gasteiger partial charge in [-0.1, -0.05) is 167 Å². The molecule has 0 aliphatic carbocycles. The summed E-state index contributed by atoms with van der Waals surface area (Å²) >= 11 is 0. The summed E-state index contributed by atoms with van der Waals surface area (Å²) < 4.78 is 23.4. The van der Waals surface area contributed by atoms with Crippen LogP contribution in [0.15, 0.2) is 12.2 Å². The number of aliphatic hydroxyl groups excluding tert-OH is 1. The third kappa shape index (κ3) is 33.7. The van der Waals surface area contributed by atoms with Crippen molar-refractivity contribution in [3.8, 4) is 0 Å². The van der Waals surface area contributed by atoms with Gasteiger partial charge in [0.1, 0.15) is 13.2 Å². The molecule has 3 N–H and O–H groups in total. The van der Waals surface area contributed by atoms with Crippen LogP contribution in [0.5, 0.6) is 0 Å². The topological polar surface area (TPSA) is 105 Å². The van der Waals surface area contributed by atoms with Crippen LogP contribution < -0.4 is 5.32 Å². The van der Waals surface area contributed by atoms with Crippen LogP contribution in [0.3, 0.4) is 0 Å². The Morgan fingerprint density at radius 2 is 1.10 bits per heavy atom. The molecule has 1 amide bonds. The van der Waals surface area contributed by atoms with Gasteiger partial charge in [-0.3, -0.25) is 13.8 Å². The highest BCUT2D eigenvalue weighted by molar-refractivity contribution is 7.47. The van der Waals surface area contributed by atoms with Gasteiger partial charge < -0.3 is 19.8 Å². The summed E-state index contributed by atoms with van der Waals surface area (Å²) in [6.45, 7) is 4.78. The quantitative estimate of drug-likeness (QED) is 0.0260. The van der Waals surface area contributed by atoms with E-state index in [2.05, 4.69) is 19.2 Å². The molecule has 0 aromatic rings. The number of quaternary nitrogens is 1. The minimum absolute atomic E-state index is 0.0640. The molecule has 8 nitrogen and oxygen atoms in total. The first-order valence-corrected chi connectivity index (χ1v) is 21.6. The summed E-state index contributed by atoms with van der Waals surface area (Å²) in [6, 6.07) is -0.837. The zero-order chi connectivity index (χ0) is 35.8. The second-order valence-electron chi connectivity index (χ2n) is 15.0. The van der Waals surface area contributed by atoms with E-state index in [9.17, 15) is 19.4 Å². The van der Waals surface area contributed by atoms with Crippen molar-refractivity contribution in [2.75, 3.05) is 40.9 Å². The number of nitrogens with zero attached hydrogens (tertiary/aromatic N) is 1. The summed E-state index contributed by atoms with van der Waals surface area (Å²) in [6.07, 6.45) is 34.2. The molecule has 0 bridgehead atoms. The van der Waals surface area contributed by atoms with Crippen LogP contribution in [0.4, 0.5) is 0 Å². The number of aliphatic hydroxyl groups is 1. The highest BCUT2D eigenvalue weighted by atomic mass is 31.2. The predicted molar refractivity (Wildman–Crippen MR) is 203 cm³/mol. The van der Waals surface area contributed by atoms with Crippen LogP contribution >= 0.6 is 7.82 Å². The second-order valence-corrected chi connectivity index (χ2v) is 16.5. The molecule has 0 heterocycles. The van der Waals surface area contributed by atoms with E-state index in [1.165, 1.54) is 122 Å². The lowest BCUT2D eigenvalue weighted by molar-refractivity contribution is -0.870. The molecule has 0 aromatic carbocycles. The normalized spacial score (nSPS) is 14.7. The van der Waals surface area contributed by atoms with Gasteiger partial charge in [-0.25, -0.2) is 4.57 Å². The molecule has 0 radical (unpaired) electrons. The third-order valence-electron chi connectivity index (χ3n) is 9.01. The monoisotopic (exact) mass is 704 g/mol. The third-order valence-corrected chi connectivity index (χ3v) is 9.99. The van der Waals surface area contributed by atoms with Crippen molar-refractivity contribution in [1.82, 2.24) is 5.32 Å². The van der Waals surface area contributed by atoms with Gasteiger partial charge >= 0.3 is 7.82 Å². The summed E-state index contributed by atoms with van der Waals surface area (Å²) in [5, 5.41) is 13.7. The first kappa shape index (κ1) is 47.2. The Bertz CT molecular complexity index is 804. The number of nitrogens with one attached hydrogen (secondary N) is 1. The fourth-order valence-corrected chi connectivity index (χ4v) is 6.48. The standard InChI is InChI=1S/C39H79N2O6P/c1-6-8-10-12-14-16-17-18-19-20-21-22-23-25-27-29-31-33-39(43)40-37(36-47-48(44,45)46-35-34-41(3,4)5)38(42)32-30-28-26-24-15-13-11-9-7-2/h30,32,37-38,42H,6-29,31,33-36H2,1-5H3,(H-,40,43,44,45)/p+1/b32-30+/t37-,38+/m0/s1. The Hall–Kier alpha value is -0.760. The Morgan fingerprint density at radius 1 is 0.688 bits per heavy atom. The van der Waals surface area contributed by atoms with E-state index in [0.29, 0.717) is 17.4 Å². The number of carbonyl (C=O) groups excluding carboxylic acids is 1. The van der Waals surface area contributed by atoms with Crippen molar-refractivity contribution < 1.29 is 32.9 Å². The first-order chi connectivity index (χ1) is 23.0. The molecule has 0 saturated heterocycles. The number of hydrogen-bond acceptors (Lipinski definition) is 5. The Labute approximate surface area is 297 Å². The lowest BCUT2D eigenvalue weighted by Gasteiger charge is -2.25. The van der Waals surface area contributed by atoms with Crippen LogP contribution in [-0.2, 0) is 18.4 Å². The van der Waals surface area contributed by atoms with Crippen molar-refractivity contribution in [2.24, 2.45) is 0 Å². The zero-order valence-electron chi connectivity index (χ0n) is 32.2. The molecular weight excluding hydrogens is 623 g/mol. The number of phosphoric ester groups is 1. The van der Waals surface area contributed by atoms with Gasteiger partial charge in [-0.15, -0.1) is 0 Å². The number of amides is 1. The molecule has 0 aromatic heterocycles. The number of unbranched alkanes of at least 4 members (excludes halogenated alkanes) is 23. The van der Waals surface area contributed by atoms with E-state index >= 15 is 0 Å².